The normalized spacial score (nSPS) is 12.3. The van der Waals surface area contributed by atoms with E-state index in [2.05, 4.69) is 104 Å². The second kappa shape index (κ2) is 37.5. The van der Waals surface area contributed by atoms with E-state index in [1.54, 1.807) is 4.70 Å². The summed E-state index contributed by atoms with van der Waals surface area (Å²) in [5, 5.41) is 0. The standard InChI is InChI=1S/C37H54N2.2C8H17.Pd/c1-5-9-13-14-15-17-19-30-25-27-32(28-26-30)36-34(23-11-7-3)35(24-12-8-4)37(39(36)38)33-22-18-21-31(29-33)20-16-10-6-2;2*1-3-5-7-8-6-4-2;/h18,21-22,25-29H,5-17,19-20,23-24H2,1-4H3;2*1,3-8H2,2H3;/q;2*-1;+2. The van der Waals surface area contributed by atoms with Crippen molar-refractivity contribution in [3.8, 4) is 0 Å². The molecular formula is C53H88N2Pd. The molecule has 1 heterocycles. The van der Waals surface area contributed by atoms with Crippen LogP contribution in [0, 0.1) is 13.8 Å². The number of rotatable bonds is 29. The zero-order chi connectivity index (χ0) is 40.4. The Kier molecular flexibility index (Phi) is 36.2. The van der Waals surface area contributed by atoms with Crippen molar-refractivity contribution in [3.05, 3.63) is 101 Å². The maximum Gasteiger partial charge on any atom is 2.00 e. The Hall–Kier alpha value is -1.82. The van der Waals surface area contributed by atoms with Crippen LogP contribution in [0.2, 0.25) is 0 Å². The van der Waals surface area contributed by atoms with Gasteiger partial charge in [0.2, 0.25) is 11.4 Å². The maximum absolute atomic E-state index is 11.8. The van der Waals surface area contributed by atoms with Crippen LogP contribution in [0.5, 0.6) is 0 Å². The molecular weight excluding hydrogens is 771 g/mol. The number of hydrogen-bond donors (Lipinski definition) is 0. The molecule has 0 amide bonds. The first-order chi connectivity index (χ1) is 27.0. The smallest absolute Gasteiger partial charge is 0.493 e. The van der Waals surface area contributed by atoms with Gasteiger partial charge in [-0.1, -0.05) is 188 Å². The molecule has 0 aromatic heterocycles. The van der Waals surface area contributed by atoms with Gasteiger partial charge in [-0.25, -0.2) is 4.70 Å². The third-order valence-electron chi connectivity index (χ3n) is 10.9. The summed E-state index contributed by atoms with van der Waals surface area (Å²) < 4.78 is 1.55. The summed E-state index contributed by atoms with van der Waals surface area (Å²) in [5.41, 5.74) is 21.6. The molecule has 320 valence electrons. The van der Waals surface area contributed by atoms with Crippen LogP contribution in [0.25, 0.3) is 16.9 Å². The molecule has 3 heteroatoms. The molecule has 0 fully saturated rings. The summed E-state index contributed by atoms with van der Waals surface area (Å²) in [6.45, 7) is 21.1. The number of nitrogens with zero attached hydrogens (tertiary/aromatic N) is 2. The van der Waals surface area contributed by atoms with Gasteiger partial charge in [-0.3, -0.25) is 0 Å². The fraction of sp³-hybridized carbons (Fsp3) is 0.660. The second-order valence-corrected chi connectivity index (χ2v) is 16.1. The van der Waals surface area contributed by atoms with Crippen molar-refractivity contribution in [3.63, 3.8) is 0 Å². The van der Waals surface area contributed by atoms with E-state index >= 15 is 0 Å². The molecule has 0 spiro atoms. The summed E-state index contributed by atoms with van der Waals surface area (Å²) in [4.78, 5) is 0. The topological polar surface area (TPSA) is 25.3 Å². The summed E-state index contributed by atoms with van der Waals surface area (Å²) in [7, 11) is 0. The van der Waals surface area contributed by atoms with Gasteiger partial charge in [-0.05, 0) is 86.8 Å². The van der Waals surface area contributed by atoms with Crippen molar-refractivity contribution in [1.29, 1.82) is 0 Å². The van der Waals surface area contributed by atoms with Gasteiger partial charge in [0.05, 0.1) is 0 Å². The van der Waals surface area contributed by atoms with Crippen molar-refractivity contribution < 1.29 is 25.1 Å². The van der Waals surface area contributed by atoms with Crippen LogP contribution in [-0.2, 0) is 33.3 Å². The van der Waals surface area contributed by atoms with Gasteiger partial charge >= 0.3 is 20.4 Å². The monoisotopic (exact) mass is 859 g/mol. The molecule has 0 unspecified atom stereocenters. The van der Waals surface area contributed by atoms with Crippen LogP contribution < -0.4 is 0 Å². The summed E-state index contributed by atoms with van der Waals surface area (Å²) in [5.74, 6) is 0. The molecule has 1 aliphatic heterocycles. The first-order valence-electron chi connectivity index (χ1n) is 23.7. The summed E-state index contributed by atoms with van der Waals surface area (Å²) in [6, 6.07) is 18.0. The van der Waals surface area contributed by atoms with Gasteiger partial charge in [-0.2, -0.15) is 12.8 Å². The third kappa shape index (κ3) is 22.9. The molecule has 0 bridgehead atoms. The van der Waals surface area contributed by atoms with E-state index in [1.807, 2.05) is 0 Å². The minimum Gasteiger partial charge on any atom is -0.493 e. The molecule has 2 aromatic rings. The molecule has 2 nitrogen and oxygen atoms in total. The molecule has 0 atom stereocenters. The minimum absolute atomic E-state index is 0. The Morgan fingerprint density at radius 1 is 0.411 bits per heavy atom. The third-order valence-corrected chi connectivity index (χ3v) is 10.9. The molecule has 1 aliphatic rings. The first-order valence-corrected chi connectivity index (χ1v) is 23.7. The summed E-state index contributed by atoms with van der Waals surface area (Å²) in [6.07, 6.45) is 36.5. The van der Waals surface area contributed by atoms with E-state index in [-0.39, 0.29) is 20.4 Å². The fourth-order valence-electron chi connectivity index (χ4n) is 7.44. The van der Waals surface area contributed by atoms with Gasteiger partial charge in [0.25, 0.3) is 0 Å². The van der Waals surface area contributed by atoms with E-state index in [0.29, 0.717) is 0 Å². The quantitative estimate of drug-likeness (QED) is 0.0337. The van der Waals surface area contributed by atoms with Gasteiger partial charge < -0.3 is 19.4 Å². The zero-order valence-electron chi connectivity index (χ0n) is 37.7. The Morgan fingerprint density at radius 3 is 1.29 bits per heavy atom. The number of aryl methyl sites for hydroxylation is 2. The first kappa shape index (κ1) is 54.2. The number of benzene rings is 2. The van der Waals surface area contributed by atoms with Crippen molar-refractivity contribution in [2.45, 2.75) is 228 Å². The van der Waals surface area contributed by atoms with E-state index in [4.69, 9.17) is 0 Å². The Morgan fingerprint density at radius 2 is 0.804 bits per heavy atom. The molecule has 0 radical (unpaired) electrons. The van der Waals surface area contributed by atoms with Crippen molar-refractivity contribution in [1.82, 2.24) is 0 Å². The summed E-state index contributed by atoms with van der Waals surface area (Å²) >= 11 is 0. The fourth-order valence-corrected chi connectivity index (χ4v) is 7.44. The van der Waals surface area contributed by atoms with Crippen molar-refractivity contribution in [2.75, 3.05) is 0 Å². The van der Waals surface area contributed by atoms with Gasteiger partial charge in [-0.15, -0.1) is 0 Å². The van der Waals surface area contributed by atoms with Gasteiger partial charge in [0, 0.05) is 22.3 Å². The number of allylic oxidation sites excluding steroid dienone is 2. The van der Waals surface area contributed by atoms with Crippen LogP contribution in [0.1, 0.15) is 237 Å². The molecule has 0 N–H and O–H groups in total. The molecule has 0 saturated carbocycles. The molecule has 0 aliphatic carbocycles. The Labute approximate surface area is 363 Å². The average molecular weight is 860 g/mol. The predicted molar refractivity (Wildman–Crippen MR) is 247 cm³/mol. The SMILES string of the molecule is CCCCCCCCc1ccc(C2=C(CCCC)C(CCCC)=C(c3cccc(CCCCC)c3)[N+]2=[N-])cc1.[CH2-]CCCCCCC.[CH2-]CCCCCCC.[Pd+2]. The van der Waals surface area contributed by atoms with Crippen LogP contribution in [0.4, 0.5) is 0 Å². The largest absolute Gasteiger partial charge is 2.00 e. The van der Waals surface area contributed by atoms with E-state index < -0.39 is 0 Å². The maximum atomic E-state index is 11.8. The van der Waals surface area contributed by atoms with Crippen molar-refractivity contribution in [2.24, 2.45) is 0 Å². The molecule has 56 heavy (non-hydrogen) atoms. The number of unbranched alkanes of at least 4 members (excludes halogenated alkanes) is 19. The van der Waals surface area contributed by atoms with Crippen LogP contribution in [-0.4, -0.2) is 4.70 Å². The average Bonchev–Trinajstić information content (AvgIpc) is 3.49. The molecule has 3 rings (SSSR count). The second-order valence-electron chi connectivity index (χ2n) is 16.1. The number of hydrogen-bond acceptors (Lipinski definition) is 0. The zero-order valence-corrected chi connectivity index (χ0v) is 39.3. The van der Waals surface area contributed by atoms with Crippen LogP contribution >= 0.6 is 0 Å². The van der Waals surface area contributed by atoms with E-state index in [9.17, 15) is 5.53 Å². The Balaban J connectivity index is 0.00000149. The van der Waals surface area contributed by atoms with Crippen LogP contribution in [0.3, 0.4) is 0 Å². The van der Waals surface area contributed by atoms with E-state index in [1.165, 1.54) is 144 Å². The van der Waals surface area contributed by atoms with Crippen molar-refractivity contribution >= 4 is 11.4 Å². The molecule has 0 saturated heterocycles. The minimum atomic E-state index is 0. The van der Waals surface area contributed by atoms with Gasteiger partial charge in [0.15, 0.2) is 0 Å². The van der Waals surface area contributed by atoms with Crippen LogP contribution in [0.15, 0.2) is 59.7 Å². The molecule has 2 aromatic carbocycles. The van der Waals surface area contributed by atoms with E-state index in [0.717, 1.165) is 86.7 Å². The predicted octanol–water partition coefficient (Wildman–Crippen LogP) is 18.2. The Bertz CT molecular complexity index is 1260. The van der Waals surface area contributed by atoms with Gasteiger partial charge in [0.1, 0.15) is 0 Å².